The van der Waals surface area contributed by atoms with Crippen molar-refractivity contribution in [3.63, 3.8) is 0 Å². The minimum Gasteiger partial charge on any atom is -0.394 e. The van der Waals surface area contributed by atoms with Crippen LogP contribution in [-0.4, -0.2) is 36.1 Å². The van der Waals surface area contributed by atoms with Crippen LogP contribution in [0, 0.1) is 0 Å². The van der Waals surface area contributed by atoms with E-state index >= 15 is 0 Å². The zero-order valence-electron chi connectivity index (χ0n) is 16.7. The first-order chi connectivity index (χ1) is 12.8. The first-order valence-electron chi connectivity index (χ1n) is 10.3. The van der Waals surface area contributed by atoms with E-state index in [2.05, 4.69) is 55.5 Å². The van der Waals surface area contributed by atoms with Crippen molar-refractivity contribution in [2.75, 3.05) is 19.8 Å². The largest absolute Gasteiger partial charge is 0.394 e. The highest BCUT2D eigenvalue weighted by Gasteiger charge is 2.00. The van der Waals surface area contributed by atoms with Gasteiger partial charge in [0.2, 0.25) is 0 Å². The van der Waals surface area contributed by atoms with E-state index in [0.29, 0.717) is 6.61 Å². The Morgan fingerprint density at radius 3 is 1.73 bits per heavy atom. The fraction of sp³-hybridized carbons (Fsp3) is 0.652. The number of hydrogen-bond donors (Lipinski definition) is 2. The van der Waals surface area contributed by atoms with Crippen LogP contribution in [0.25, 0.3) is 0 Å². The summed E-state index contributed by atoms with van der Waals surface area (Å²) in [7, 11) is 0. The summed E-state index contributed by atoms with van der Waals surface area (Å²) >= 11 is 0. The molecule has 0 saturated heterocycles. The summed E-state index contributed by atoms with van der Waals surface area (Å²) in [6, 6.07) is 0. The molecule has 2 N–H and O–H groups in total. The zero-order chi connectivity index (χ0) is 19.1. The highest BCUT2D eigenvalue weighted by molar-refractivity contribution is 4.99. The summed E-state index contributed by atoms with van der Waals surface area (Å²) in [5, 5.41) is 17.8. The van der Waals surface area contributed by atoms with Crippen LogP contribution in [0.15, 0.2) is 48.6 Å². The highest BCUT2D eigenvalue weighted by Crippen LogP contribution is 2.01. The molecule has 0 aliphatic carbocycles. The molecule has 0 unspecified atom stereocenters. The van der Waals surface area contributed by atoms with Gasteiger partial charge >= 0.3 is 0 Å². The molecule has 0 aromatic heterocycles. The van der Waals surface area contributed by atoms with Gasteiger partial charge < -0.3 is 14.9 Å². The smallest absolute Gasteiger partial charge is 0.100 e. The van der Waals surface area contributed by atoms with Crippen LogP contribution >= 0.6 is 0 Å². The van der Waals surface area contributed by atoms with Gasteiger partial charge in [0, 0.05) is 6.61 Å². The van der Waals surface area contributed by atoms with E-state index in [1.54, 1.807) is 0 Å². The van der Waals surface area contributed by atoms with Gasteiger partial charge in [-0.3, -0.25) is 0 Å². The standard InChI is InChI=1S/C23H40O3/c1-2-3-4-5-6-7-8-9-10-11-12-13-14-15-16-17-18-19-20-26-22-23(25)21-24/h6-7,9-10,12-13,15-16,23-25H,2-5,8,11,14,17-22H2,1H3/b7-6-,10-9-,13-12-,16-15-/t23-/m0/s1. The van der Waals surface area contributed by atoms with Crippen molar-refractivity contribution < 1.29 is 14.9 Å². The van der Waals surface area contributed by atoms with Crippen LogP contribution in [0.4, 0.5) is 0 Å². The second-order valence-electron chi connectivity index (χ2n) is 6.50. The summed E-state index contributed by atoms with van der Waals surface area (Å²) in [6.45, 7) is 2.87. The average Bonchev–Trinajstić information content (AvgIpc) is 2.66. The molecule has 0 spiro atoms. The molecule has 3 heteroatoms. The monoisotopic (exact) mass is 364 g/mol. The van der Waals surface area contributed by atoms with E-state index in [1.807, 2.05) is 0 Å². The summed E-state index contributed by atoms with van der Waals surface area (Å²) in [5.74, 6) is 0. The molecule has 0 radical (unpaired) electrons. The molecule has 0 bridgehead atoms. The SMILES string of the molecule is CCCCC/C=C\C/C=C\C/C=C\C/C=C\CCCCOC[C@@H](O)CO. The van der Waals surface area contributed by atoms with E-state index in [0.717, 1.165) is 38.5 Å². The Labute approximate surface area is 161 Å². The number of ether oxygens (including phenoxy) is 1. The molecule has 3 nitrogen and oxygen atoms in total. The molecule has 0 amide bonds. The Balaban J connectivity index is 3.36. The molecule has 0 aromatic carbocycles. The van der Waals surface area contributed by atoms with E-state index in [1.165, 1.54) is 25.7 Å². The minimum absolute atomic E-state index is 0.223. The Hall–Kier alpha value is -1.16. The molecule has 0 aromatic rings. The molecule has 0 rings (SSSR count). The van der Waals surface area contributed by atoms with Crippen LogP contribution < -0.4 is 0 Å². The van der Waals surface area contributed by atoms with E-state index in [-0.39, 0.29) is 13.2 Å². The number of rotatable bonds is 18. The molecule has 1 atom stereocenters. The third-order valence-electron chi connectivity index (χ3n) is 3.89. The lowest BCUT2D eigenvalue weighted by Crippen LogP contribution is -2.19. The maximum absolute atomic E-state index is 9.11. The van der Waals surface area contributed by atoms with Gasteiger partial charge in [0.1, 0.15) is 6.10 Å². The Kier molecular flexibility index (Phi) is 20.9. The van der Waals surface area contributed by atoms with Crippen molar-refractivity contribution in [1.29, 1.82) is 0 Å². The Morgan fingerprint density at radius 1 is 0.731 bits per heavy atom. The third-order valence-corrected chi connectivity index (χ3v) is 3.89. The molecular weight excluding hydrogens is 324 g/mol. The number of hydrogen-bond acceptors (Lipinski definition) is 3. The number of unbranched alkanes of at least 4 members (excludes halogenated alkanes) is 5. The van der Waals surface area contributed by atoms with Gasteiger partial charge in [-0.05, 0) is 51.4 Å². The fourth-order valence-corrected chi connectivity index (χ4v) is 2.30. The van der Waals surface area contributed by atoms with Crippen molar-refractivity contribution in [3.8, 4) is 0 Å². The summed E-state index contributed by atoms with van der Waals surface area (Å²) in [5.41, 5.74) is 0. The molecule has 0 aliphatic rings. The number of allylic oxidation sites excluding steroid dienone is 8. The van der Waals surface area contributed by atoms with Crippen LogP contribution in [0.3, 0.4) is 0 Å². The normalized spacial score (nSPS) is 13.8. The zero-order valence-corrected chi connectivity index (χ0v) is 16.7. The molecule has 150 valence electrons. The predicted octanol–water partition coefficient (Wildman–Crippen LogP) is 5.50. The van der Waals surface area contributed by atoms with Crippen LogP contribution in [-0.2, 0) is 4.74 Å². The van der Waals surface area contributed by atoms with Gasteiger partial charge in [-0.15, -0.1) is 0 Å². The summed E-state index contributed by atoms with van der Waals surface area (Å²) < 4.78 is 5.26. The molecular formula is C23H40O3. The van der Waals surface area contributed by atoms with Gasteiger partial charge in [-0.1, -0.05) is 68.4 Å². The molecule has 0 saturated carbocycles. The first-order valence-corrected chi connectivity index (χ1v) is 10.3. The lowest BCUT2D eigenvalue weighted by Gasteiger charge is -2.07. The Morgan fingerprint density at radius 2 is 1.23 bits per heavy atom. The van der Waals surface area contributed by atoms with Crippen molar-refractivity contribution in [1.82, 2.24) is 0 Å². The third kappa shape index (κ3) is 20.9. The molecule has 0 aliphatic heterocycles. The highest BCUT2D eigenvalue weighted by atomic mass is 16.5. The van der Waals surface area contributed by atoms with Crippen molar-refractivity contribution in [3.05, 3.63) is 48.6 Å². The van der Waals surface area contributed by atoms with Crippen LogP contribution in [0.1, 0.15) is 71.1 Å². The fourth-order valence-electron chi connectivity index (χ4n) is 2.30. The summed E-state index contributed by atoms with van der Waals surface area (Å²) in [4.78, 5) is 0. The van der Waals surface area contributed by atoms with Crippen molar-refractivity contribution in [2.45, 2.75) is 77.2 Å². The number of aliphatic hydroxyl groups excluding tert-OH is 2. The lowest BCUT2D eigenvalue weighted by atomic mass is 10.2. The topological polar surface area (TPSA) is 49.7 Å². The van der Waals surface area contributed by atoms with Crippen LogP contribution in [0.5, 0.6) is 0 Å². The molecule has 26 heavy (non-hydrogen) atoms. The quantitative estimate of drug-likeness (QED) is 0.249. The maximum atomic E-state index is 9.11. The second kappa shape index (κ2) is 21.9. The molecule has 0 heterocycles. The average molecular weight is 365 g/mol. The van der Waals surface area contributed by atoms with Gasteiger partial charge in [0.25, 0.3) is 0 Å². The second-order valence-corrected chi connectivity index (χ2v) is 6.50. The predicted molar refractivity (Wildman–Crippen MR) is 112 cm³/mol. The van der Waals surface area contributed by atoms with Gasteiger partial charge in [0.15, 0.2) is 0 Å². The maximum Gasteiger partial charge on any atom is 0.100 e. The Bertz CT molecular complexity index is 383. The van der Waals surface area contributed by atoms with Gasteiger partial charge in [-0.2, -0.15) is 0 Å². The van der Waals surface area contributed by atoms with E-state index < -0.39 is 6.10 Å². The number of aliphatic hydroxyl groups is 2. The molecule has 0 fully saturated rings. The van der Waals surface area contributed by atoms with Crippen molar-refractivity contribution in [2.24, 2.45) is 0 Å². The van der Waals surface area contributed by atoms with E-state index in [9.17, 15) is 0 Å². The first kappa shape index (κ1) is 24.8. The van der Waals surface area contributed by atoms with Crippen LogP contribution in [0.2, 0.25) is 0 Å². The summed E-state index contributed by atoms with van der Waals surface area (Å²) in [6.07, 6.45) is 28.5. The van der Waals surface area contributed by atoms with E-state index in [4.69, 9.17) is 14.9 Å². The van der Waals surface area contributed by atoms with Crippen molar-refractivity contribution >= 4 is 0 Å². The lowest BCUT2D eigenvalue weighted by molar-refractivity contribution is 0.00541. The minimum atomic E-state index is -0.747. The van der Waals surface area contributed by atoms with Gasteiger partial charge in [0.05, 0.1) is 13.2 Å². The van der Waals surface area contributed by atoms with Gasteiger partial charge in [-0.25, -0.2) is 0 Å².